The molecule has 2 heterocycles. The van der Waals surface area contributed by atoms with Crippen molar-refractivity contribution in [2.45, 2.75) is 17.5 Å². The number of nitrogens with zero attached hydrogens (tertiary/aromatic N) is 3. The van der Waals surface area contributed by atoms with E-state index in [1.807, 2.05) is 19.2 Å². The van der Waals surface area contributed by atoms with Crippen LogP contribution in [-0.2, 0) is 19.4 Å². The van der Waals surface area contributed by atoms with Crippen molar-refractivity contribution in [3.63, 3.8) is 0 Å². The summed E-state index contributed by atoms with van der Waals surface area (Å²) in [5, 5.41) is 9.16. The molecule has 24 heavy (non-hydrogen) atoms. The molecule has 0 saturated heterocycles. The Morgan fingerprint density at radius 3 is 2.79 bits per heavy atom. The van der Waals surface area contributed by atoms with Crippen LogP contribution in [0.1, 0.15) is 11.3 Å². The highest BCUT2D eigenvalue weighted by Crippen LogP contribution is 2.20. The molecule has 3 aromatic rings. The molecule has 0 bridgehead atoms. The maximum absolute atomic E-state index is 12.1. The topological polar surface area (TPSA) is 70.2 Å². The average molecular weight is 364 g/mol. The third-order valence-electron chi connectivity index (χ3n) is 3.17. The minimum Gasteiger partial charge on any atom is -0.482 e. The van der Waals surface area contributed by atoms with Gasteiger partial charge in [-0.05, 0) is 17.7 Å². The first-order valence-electron chi connectivity index (χ1n) is 7.07. The van der Waals surface area contributed by atoms with E-state index >= 15 is 0 Å². The normalized spacial score (nSPS) is 10.8. The van der Waals surface area contributed by atoms with E-state index in [0.717, 1.165) is 10.7 Å². The first-order chi connectivity index (χ1) is 11.6. The lowest BCUT2D eigenvalue weighted by atomic mass is 10.2. The van der Waals surface area contributed by atoms with Gasteiger partial charge >= 0.3 is 0 Å². The Labute approximate surface area is 147 Å². The summed E-state index contributed by atoms with van der Waals surface area (Å²) in [4.78, 5) is 12.1. The monoisotopic (exact) mass is 363 g/mol. The highest BCUT2D eigenvalue weighted by Gasteiger charge is 2.08. The fraction of sp³-hybridized carbons (Fsp3) is 0.188. The van der Waals surface area contributed by atoms with Gasteiger partial charge in [0, 0.05) is 18.1 Å². The molecule has 124 valence electrons. The predicted molar refractivity (Wildman–Crippen MR) is 91.3 cm³/mol. The summed E-state index contributed by atoms with van der Waals surface area (Å²) < 4.78 is 12.8. The molecule has 0 aliphatic heterocycles. The molecule has 0 unspecified atom stereocenters. The number of aryl methyl sites for hydroxylation is 1. The molecule has 0 aliphatic carbocycles. The van der Waals surface area contributed by atoms with Gasteiger partial charge in [-0.3, -0.25) is 4.79 Å². The summed E-state index contributed by atoms with van der Waals surface area (Å²) in [6.07, 6.45) is 2.96. The van der Waals surface area contributed by atoms with E-state index in [9.17, 15) is 4.79 Å². The van der Waals surface area contributed by atoms with Crippen molar-refractivity contribution in [3.8, 4) is 5.75 Å². The standard InChI is InChI=1S/C16H14ClN3O3S/c1-20-10-18-19-16(20)24-9-13-6-14(21)15(8-22-13)23-7-11-2-4-12(17)5-3-11/h2-6,8,10H,7,9H2,1H3. The van der Waals surface area contributed by atoms with Gasteiger partial charge < -0.3 is 13.7 Å². The molecule has 0 N–H and O–H groups in total. The Kier molecular flexibility index (Phi) is 5.22. The van der Waals surface area contributed by atoms with Crippen LogP contribution in [0.25, 0.3) is 0 Å². The average Bonchev–Trinajstić information content (AvgIpc) is 2.99. The molecule has 0 saturated carbocycles. The number of halogens is 1. The van der Waals surface area contributed by atoms with Crippen LogP contribution in [0.3, 0.4) is 0 Å². The maximum Gasteiger partial charge on any atom is 0.227 e. The minimum absolute atomic E-state index is 0.178. The molecule has 0 fully saturated rings. The molecule has 0 atom stereocenters. The Morgan fingerprint density at radius 2 is 2.12 bits per heavy atom. The minimum atomic E-state index is -0.219. The van der Waals surface area contributed by atoms with Gasteiger partial charge in [0.2, 0.25) is 11.2 Å². The number of rotatable bonds is 6. The van der Waals surface area contributed by atoms with Crippen molar-refractivity contribution in [2.75, 3.05) is 0 Å². The van der Waals surface area contributed by atoms with Gasteiger partial charge in [0.1, 0.15) is 25.0 Å². The lowest BCUT2D eigenvalue weighted by Gasteiger charge is -2.06. The van der Waals surface area contributed by atoms with Crippen LogP contribution in [0.2, 0.25) is 5.02 Å². The summed E-state index contributed by atoms with van der Waals surface area (Å²) in [7, 11) is 1.85. The van der Waals surface area contributed by atoms with Gasteiger partial charge in [-0.1, -0.05) is 35.5 Å². The molecule has 0 radical (unpaired) electrons. The van der Waals surface area contributed by atoms with Gasteiger partial charge in [-0.2, -0.15) is 0 Å². The van der Waals surface area contributed by atoms with Crippen molar-refractivity contribution >= 4 is 23.4 Å². The van der Waals surface area contributed by atoms with E-state index in [-0.39, 0.29) is 17.8 Å². The van der Waals surface area contributed by atoms with Crippen LogP contribution in [0.15, 0.2) is 57.3 Å². The number of aromatic nitrogens is 3. The zero-order chi connectivity index (χ0) is 16.9. The zero-order valence-electron chi connectivity index (χ0n) is 12.8. The third-order valence-corrected chi connectivity index (χ3v) is 4.48. The van der Waals surface area contributed by atoms with E-state index in [1.54, 1.807) is 23.0 Å². The lowest BCUT2D eigenvalue weighted by molar-refractivity contribution is 0.290. The molecule has 0 aliphatic rings. The molecule has 0 amide bonds. The maximum atomic E-state index is 12.1. The number of ether oxygens (including phenoxy) is 1. The SMILES string of the molecule is Cn1cnnc1SCc1cc(=O)c(OCc2ccc(Cl)cc2)co1. The summed E-state index contributed by atoms with van der Waals surface area (Å²) >= 11 is 7.27. The zero-order valence-corrected chi connectivity index (χ0v) is 14.4. The molecule has 6 nitrogen and oxygen atoms in total. The summed E-state index contributed by atoms with van der Waals surface area (Å²) in [6.45, 7) is 0.273. The second-order valence-corrected chi connectivity index (χ2v) is 6.38. The van der Waals surface area contributed by atoms with Crippen molar-refractivity contribution in [1.29, 1.82) is 0 Å². The molecular formula is C16H14ClN3O3S. The largest absolute Gasteiger partial charge is 0.482 e. The van der Waals surface area contributed by atoms with Gasteiger partial charge in [0.15, 0.2) is 5.16 Å². The fourth-order valence-electron chi connectivity index (χ4n) is 1.90. The fourth-order valence-corrected chi connectivity index (χ4v) is 2.80. The van der Waals surface area contributed by atoms with E-state index in [0.29, 0.717) is 16.5 Å². The van der Waals surface area contributed by atoms with Gasteiger partial charge in [0.25, 0.3) is 0 Å². The smallest absolute Gasteiger partial charge is 0.227 e. The summed E-state index contributed by atoms with van der Waals surface area (Å²) in [6, 6.07) is 8.66. The highest BCUT2D eigenvalue weighted by atomic mass is 35.5. The second kappa shape index (κ2) is 7.55. The quantitative estimate of drug-likeness (QED) is 0.626. The second-order valence-electron chi connectivity index (χ2n) is 5.00. The van der Waals surface area contributed by atoms with Crippen molar-refractivity contribution < 1.29 is 9.15 Å². The first-order valence-corrected chi connectivity index (χ1v) is 8.44. The van der Waals surface area contributed by atoms with Crippen LogP contribution < -0.4 is 10.2 Å². The Hall–Kier alpha value is -2.25. The van der Waals surface area contributed by atoms with Crippen LogP contribution in [0.5, 0.6) is 5.75 Å². The van der Waals surface area contributed by atoms with Crippen molar-refractivity contribution in [3.05, 3.63) is 69.5 Å². The number of hydrogen-bond acceptors (Lipinski definition) is 6. The first kappa shape index (κ1) is 16.6. The molecule has 8 heteroatoms. The van der Waals surface area contributed by atoms with Gasteiger partial charge in [0.05, 0.1) is 5.75 Å². The van der Waals surface area contributed by atoms with Gasteiger partial charge in [-0.15, -0.1) is 10.2 Å². The summed E-state index contributed by atoms with van der Waals surface area (Å²) in [5.41, 5.74) is 0.699. The molecule has 3 rings (SSSR count). The van der Waals surface area contributed by atoms with Crippen LogP contribution in [0, 0.1) is 0 Å². The summed E-state index contributed by atoms with van der Waals surface area (Å²) in [5.74, 6) is 1.21. The van der Waals surface area contributed by atoms with Crippen LogP contribution in [-0.4, -0.2) is 14.8 Å². The molecule has 0 spiro atoms. The predicted octanol–water partition coefficient (Wildman–Crippen LogP) is 3.29. The number of thioether (sulfide) groups is 1. The third kappa shape index (κ3) is 4.18. The van der Waals surface area contributed by atoms with Crippen LogP contribution >= 0.6 is 23.4 Å². The van der Waals surface area contributed by atoms with Crippen LogP contribution in [0.4, 0.5) is 0 Å². The lowest BCUT2D eigenvalue weighted by Crippen LogP contribution is -2.07. The Balaban J connectivity index is 1.61. The number of benzene rings is 1. The van der Waals surface area contributed by atoms with Gasteiger partial charge in [-0.25, -0.2) is 0 Å². The van der Waals surface area contributed by atoms with Crippen molar-refractivity contribution in [1.82, 2.24) is 14.8 Å². The molecule has 1 aromatic carbocycles. The number of hydrogen-bond donors (Lipinski definition) is 0. The highest BCUT2D eigenvalue weighted by molar-refractivity contribution is 7.98. The van der Waals surface area contributed by atoms with E-state index in [1.165, 1.54) is 24.1 Å². The molecular weight excluding hydrogens is 350 g/mol. The van der Waals surface area contributed by atoms with E-state index in [2.05, 4.69) is 10.2 Å². The Morgan fingerprint density at radius 1 is 1.33 bits per heavy atom. The van der Waals surface area contributed by atoms with Crippen molar-refractivity contribution in [2.24, 2.45) is 7.05 Å². The molecule has 2 aromatic heterocycles. The van der Waals surface area contributed by atoms with E-state index in [4.69, 9.17) is 20.8 Å². The van der Waals surface area contributed by atoms with E-state index < -0.39 is 0 Å². The Bertz CT molecular complexity index is 877.